The Hall–Kier alpha value is -0.840. The van der Waals surface area contributed by atoms with E-state index in [1.54, 1.807) is 0 Å². The summed E-state index contributed by atoms with van der Waals surface area (Å²) in [4.78, 5) is 5.74. The maximum atomic E-state index is 5.47. The van der Waals surface area contributed by atoms with Crippen LogP contribution in [0.1, 0.15) is 18.4 Å². The summed E-state index contributed by atoms with van der Waals surface area (Å²) >= 11 is 0. The van der Waals surface area contributed by atoms with E-state index in [0.717, 1.165) is 26.3 Å². The predicted octanol–water partition coefficient (Wildman–Crippen LogP) is 0.968. The standard InChI is InChI=1S/C14H23N3O/c1(7-17-8-5-15-6-9-17)3-14(11-18-12-14)13-2-4-16-10-13/h2,4,10,15-16H,1,3,5-9,11-12H2. The van der Waals surface area contributed by atoms with Gasteiger partial charge in [-0.25, -0.2) is 0 Å². The zero-order chi connectivity index (χ0) is 12.3. The van der Waals surface area contributed by atoms with Crippen LogP contribution < -0.4 is 5.32 Å². The van der Waals surface area contributed by atoms with Crippen LogP contribution in [0.3, 0.4) is 0 Å². The summed E-state index contributed by atoms with van der Waals surface area (Å²) in [6, 6.07) is 2.20. The lowest BCUT2D eigenvalue weighted by Crippen LogP contribution is -2.48. The SMILES string of the molecule is c1cc(C2(CCCN3CCNCC3)COC2)c[nH]1. The van der Waals surface area contributed by atoms with E-state index in [-0.39, 0.29) is 0 Å². The molecule has 0 saturated carbocycles. The molecular weight excluding hydrogens is 226 g/mol. The van der Waals surface area contributed by atoms with Gasteiger partial charge in [-0.2, -0.15) is 0 Å². The van der Waals surface area contributed by atoms with Gasteiger partial charge in [0.15, 0.2) is 0 Å². The number of H-pyrrole nitrogens is 1. The summed E-state index contributed by atoms with van der Waals surface area (Å²) in [5, 5.41) is 3.40. The molecule has 0 aliphatic carbocycles. The molecule has 0 radical (unpaired) electrons. The van der Waals surface area contributed by atoms with E-state index < -0.39 is 0 Å². The summed E-state index contributed by atoms with van der Waals surface area (Å²) in [6.07, 6.45) is 6.67. The molecule has 2 aliphatic rings. The largest absolute Gasteiger partial charge is 0.379 e. The lowest BCUT2D eigenvalue weighted by Gasteiger charge is -2.42. The third kappa shape index (κ3) is 2.46. The average molecular weight is 249 g/mol. The summed E-state index contributed by atoms with van der Waals surface area (Å²) < 4.78 is 5.47. The van der Waals surface area contributed by atoms with Crippen molar-refractivity contribution in [1.82, 2.24) is 15.2 Å². The third-order valence-electron chi connectivity index (χ3n) is 4.31. The maximum absolute atomic E-state index is 5.47. The third-order valence-corrected chi connectivity index (χ3v) is 4.31. The molecule has 2 aliphatic heterocycles. The van der Waals surface area contributed by atoms with Crippen LogP contribution in [-0.4, -0.2) is 55.8 Å². The summed E-state index contributed by atoms with van der Waals surface area (Å²) in [6.45, 7) is 7.71. The molecule has 1 aromatic rings. The van der Waals surface area contributed by atoms with Crippen LogP contribution in [0.2, 0.25) is 0 Å². The Kier molecular flexibility index (Phi) is 3.68. The maximum Gasteiger partial charge on any atom is 0.0586 e. The fraction of sp³-hybridized carbons (Fsp3) is 0.714. The van der Waals surface area contributed by atoms with Crippen LogP contribution in [0.25, 0.3) is 0 Å². The quantitative estimate of drug-likeness (QED) is 0.817. The average Bonchev–Trinajstić information content (AvgIpc) is 2.88. The van der Waals surface area contributed by atoms with Crippen molar-refractivity contribution in [3.8, 4) is 0 Å². The van der Waals surface area contributed by atoms with Gasteiger partial charge in [-0.05, 0) is 31.0 Å². The zero-order valence-electron chi connectivity index (χ0n) is 11.0. The number of hydrogen-bond donors (Lipinski definition) is 2. The van der Waals surface area contributed by atoms with Crippen LogP contribution in [-0.2, 0) is 10.2 Å². The molecular formula is C14H23N3O. The lowest BCUT2D eigenvalue weighted by atomic mass is 9.76. The lowest BCUT2D eigenvalue weighted by molar-refractivity contribution is -0.0659. The molecule has 0 aromatic carbocycles. The van der Waals surface area contributed by atoms with E-state index >= 15 is 0 Å². The monoisotopic (exact) mass is 249 g/mol. The van der Waals surface area contributed by atoms with Crippen molar-refractivity contribution in [3.05, 3.63) is 24.0 Å². The molecule has 100 valence electrons. The van der Waals surface area contributed by atoms with Gasteiger partial charge in [0.1, 0.15) is 0 Å². The van der Waals surface area contributed by atoms with Gasteiger partial charge in [0.05, 0.1) is 13.2 Å². The van der Waals surface area contributed by atoms with Crippen LogP contribution in [0.5, 0.6) is 0 Å². The summed E-state index contributed by atoms with van der Waals surface area (Å²) in [5.41, 5.74) is 1.72. The topological polar surface area (TPSA) is 40.3 Å². The first-order valence-corrected chi connectivity index (χ1v) is 7.03. The van der Waals surface area contributed by atoms with Gasteiger partial charge in [-0.1, -0.05) is 0 Å². The van der Waals surface area contributed by atoms with Crippen molar-refractivity contribution in [2.75, 3.05) is 45.9 Å². The van der Waals surface area contributed by atoms with Crippen LogP contribution >= 0.6 is 0 Å². The number of hydrogen-bond acceptors (Lipinski definition) is 3. The van der Waals surface area contributed by atoms with Crippen molar-refractivity contribution in [1.29, 1.82) is 0 Å². The van der Waals surface area contributed by atoms with E-state index in [0.29, 0.717) is 5.41 Å². The van der Waals surface area contributed by atoms with Crippen molar-refractivity contribution >= 4 is 0 Å². The van der Waals surface area contributed by atoms with Gasteiger partial charge in [0, 0.05) is 44.0 Å². The molecule has 2 fully saturated rings. The molecule has 4 heteroatoms. The molecule has 0 unspecified atom stereocenters. The minimum atomic E-state index is 0.300. The molecule has 18 heavy (non-hydrogen) atoms. The van der Waals surface area contributed by atoms with Crippen molar-refractivity contribution in [3.63, 3.8) is 0 Å². The Labute approximate surface area is 109 Å². The van der Waals surface area contributed by atoms with E-state index in [1.807, 2.05) is 6.20 Å². The fourth-order valence-electron chi connectivity index (χ4n) is 3.03. The second-order valence-electron chi connectivity index (χ2n) is 5.57. The smallest absolute Gasteiger partial charge is 0.0586 e. The van der Waals surface area contributed by atoms with E-state index in [4.69, 9.17) is 4.74 Å². The summed E-state index contributed by atoms with van der Waals surface area (Å²) in [5.74, 6) is 0. The van der Waals surface area contributed by atoms with E-state index in [2.05, 4.69) is 27.5 Å². The minimum absolute atomic E-state index is 0.300. The molecule has 0 atom stereocenters. The van der Waals surface area contributed by atoms with Gasteiger partial charge in [-0.3, -0.25) is 0 Å². The number of nitrogens with zero attached hydrogens (tertiary/aromatic N) is 1. The Morgan fingerprint density at radius 1 is 1.28 bits per heavy atom. The van der Waals surface area contributed by atoms with E-state index in [1.165, 1.54) is 38.0 Å². The number of piperazine rings is 1. The molecule has 2 N–H and O–H groups in total. The molecule has 1 aromatic heterocycles. The number of rotatable bonds is 5. The molecule has 0 amide bonds. The van der Waals surface area contributed by atoms with Crippen LogP contribution in [0, 0.1) is 0 Å². The molecule has 0 spiro atoms. The zero-order valence-corrected chi connectivity index (χ0v) is 11.0. The van der Waals surface area contributed by atoms with Gasteiger partial charge in [0.25, 0.3) is 0 Å². The number of nitrogens with one attached hydrogen (secondary N) is 2. The Bertz CT molecular complexity index is 353. The summed E-state index contributed by atoms with van der Waals surface area (Å²) in [7, 11) is 0. The normalized spacial score (nSPS) is 23.8. The van der Waals surface area contributed by atoms with Crippen molar-refractivity contribution < 1.29 is 4.74 Å². The predicted molar refractivity (Wildman–Crippen MR) is 71.8 cm³/mol. The number of aromatic amines is 1. The second kappa shape index (κ2) is 5.43. The van der Waals surface area contributed by atoms with Crippen LogP contribution in [0.4, 0.5) is 0 Å². The van der Waals surface area contributed by atoms with Crippen LogP contribution in [0.15, 0.2) is 18.5 Å². The highest BCUT2D eigenvalue weighted by molar-refractivity contribution is 5.24. The molecule has 4 nitrogen and oxygen atoms in total. The number of aromatic nitrogens is 1. The first kappa shape index (κ1) is 12.2. The van der Waals surface area contributed by atoms with Gasteiger partial charge < -0.3 is 19.9 Å². The second-order valence-corrected chi connectivity index (χ2v) is 5.57. The molecule has 3 heterocycles. The Morgan fingerprint density at radius 2 is 2.11 bits per heavy atom. The highest BCUT2D eigenvalue weighted by Crippen LogP contribution is 2.36. The van der Waals surface area contributed by atoms with E-state index in [9.17, 15) is 0 Å². The first-order valence-electron chi connectivity index (χ1n) is 7.03. The minimum Gasteiger partial charge on any atom is -0.379 e. The number of ether oxygens (including phenoxy) is 1. The molecule has 2 saturated heterocycles. The Balaban J connectivity index is 1.49. The highest BCUT2D eigenvalue weighted by atomic mass is 16.5. The highest BCUT2D eigenvalue weighted by Gasteiger charge is 2.40. The fourth-order valence-corrected chi connectivity index (χ4v) is 3.03. The van der Waals surface area contributed by atoms with Gasteiger partial charge in [-0.15, -0.1) is 0 Å². The van der Waals surface area contributed by atoms with Crippen molar-refractivity contribution in [2.45, 2.75) is 18.3 Å². The van der Waals surface area contributed by atoms with Gasteiger partial charge in [0.2, 0.25) is 0 Å². The van der Waals surface area contributed by atoms with Gasteiger partial charge >= 0.3 is 0 Å². The van der Waals surface area contributed by atoms with Crippen molar-refractivity contribution in [2.24, 2.45) is 0 Å². The molecule has 0 bridgehead atoms. The Morgan fingerprint density at radius 3 is 2.72 bits per heavy atom. The molecule has 3 rings (SSSR count). The first-order chi connectivity index (χ1) is 8.89.